The third kappa shape index (κ3) is 3.59. The van der Waals surface area contributed by atoms with Crippen LogP contribution >= 0.6 is 11.3 Å². The average molecular weight is 366 g/mol. The number of rotatable bonds is 5. The molecule has 0 spiro atoms. The molecule has 0 bridgehead atoms. The molecular formula is C19H31N3O2S. The van der Waals surface area contributed by atoms with Crippen LogP contribution in [0.1, 0.15) is 64.1 Å². The second-order valence-corrected chi connectivity index (χ2v) is 9.28. The van der Waals surface area contributed by atoms with Crippen molar-refractivity contribution in [3.05, 3.63) is 16.1 Å². The summed E-state index contributed by atoms with van der Waals surface area (Å²) in [6, 6.07) is 0. The molecule has 1 aliphatic carbocycles. The van der Waals surface area contributed by atoms with E-state index in [0.29, 0.717) is 12.5 Å². The van der Waals surface area contributed by atoms with Gasteiger partial charge in [0.2, 0.25) is 11.8 Å². The largest absolute Gasteiger partial charge is 0.350 e. The van der Waals surface area contributed by atoms with Crippen molar-refractivity contribution >= 4 is 23.2 Å². The van der Waals surface area contributed by atoms with E-state index in [1.54, 1.807) is 30.3 Å². The van der Waals surface area contributed by atoms with Crippen LogP contribution in [0.15, 0.2) is 5.38 Å². The molecule has 0 aromatic carbocycles. The molecule has 25 heavy (non-hydrogen) atoms. The molecule has 1 saturated carbocycles. The number of aromatic nitrogens is 1. The zero-order valence-electron chi connectivity index (χ0n) is 16.5. The molecule has 6 heteroatoms. The Bertz CT molecular complexity index is 651. The first-order valence-corrected chi connectivity index (χ1v) is 9.82. The maximum Gasteiger partial charge on any atom is 0.226 e. The van der Waals surface area contributed by atoms with Gasteiger partial charge in [-0.15, -0.1) is 11.3 Å². The highest BCUT2D eigenvalue weighted by Gasteiger charge is 2.58. The van der Waals surface area contributed by atoms with Crippen LogP contribution in [-0.4, -0.2) is 35.8 Å². The summed E-state index contributed by atoms with van der Waals surface area (Å²) in [7, 11) is 3.56. The number of hydrogen-bond donors (Lipinski definition) is 1. The second-order valence-electron chi connectivity index (χ2n) is 8.39. The number of nitrogens with zero attached hydrogens (tertiary/aromatic N) is 2. The monoisotopic (exact) mass is 365 g/mol. The van der Waals surface area contributed by atoms with Crippen molar-refractivity contribution in [1.29, 1.82) is 0 Å². The first-order valence-electron chi connectivity index (χ1n) is 8.94. The molecule has 1 fully saturated rings. The third-order valence-corrected chi connectivity index (χ3v) is 7.15. The van der Waals surface area contributed by atoms with Gasteiger partial charge in [-0.25, -0.2) is 4.98 Å². The maximum atomic E-state index is 13.0. The smallest absolute Gasteiger partial charge is 0.226 e. The van der Waals surface area contributed by atoms with Crippen molar-refractivity contribution in [2.45, 2.75) is 59.9 Å². The highest BCUT2D eigenvalue weighted by Crippen LogP contribution is 2.56. The molecule has 0 aliphatic heterocycles. The minimum atomic E-state index is -0.555. The van der Waals surface area contributed by atoms with Crippen LogP contribution in [0.4, 0.5) is 0 Å². The van der Waals surface area contributed by atoms with Gasteiger partial charge in [-0.3, -0.25) is 9.59 Å². The van der Waals surface area contributed by atoms with Gasteiger partial charge in [-0.2, -0.15) is 0 Å². The van der Waals surface area contributed by atoms with Gasteiger partial charge in [-0.05, 0) is 18.3 Å². The van der Waals surface area contributed by atoms with Gasteiger partial charge >= 0.3 is 0 Å². The molecule has 5 nitrogen and oxygen atoms in total. The summed E-state index contributed by atoms with van der Waals surface area (Å²) < 4.78 is 0. The average Bonchev–Trinajstić information content (AvgIpc) is 3.08. The van der Waals surface area contributed by atoms with E-state index in [0.717, 1.165) is 23.5 Å². The Morgan fingerprint density at radius 1 is 1.36 bits per heavy atom. The Morgan fingerprint density at radius 2 is 2.00 bits per heavy atom. The molecule has 2 atom stereocenters. The molecule has 0 saturated heterocycles. The van der Waals surface area contributed by atoms with Crippen molar-refractivity contribution in [2.75, 3.05) is 14.1 Å². The van der Waals surface area contributed by atoms with Crippen LogP contribution in [0.25, 0.3) is 0 Å². The predicted octanol–water partition coefficient (Wildman–Crippen LogP) is 3.41. The quantitative estimate of drug-likeness (QED) is 0.870. The summed E-state index contributed by atoms with van der Waals surface area (Å²) >= 11 is 1.64. The highest BCUT2D eigenvalue weighted by atomic mass is 32.1. The fourth-order valence-electron chi connectivity index (χ4n) is 3.69. The normalized spacial score (nSPS) is 25.2. The highest BCUT2D eigenvalue weighted by molar-refractivity contribution is 7.09. The lowest BCUT2D eigenvalue weighted by molar-refractivity contribution is -0.142. The number of nitrogens with one attached hydrogen (secondary N) is 1. The predicted molar refractivity (Wildman–Crippen MR) is 101 cm³/mol. The van der Waals surface area contributed by atoms with E-state index in [-0.39, 0.29) is 23.1 Å². The topological polar surface area (TPSA) is 62.3 Å². The number of carbonyl (C=O) groups is 2. The SMILES string of the molecule is CC(C)c1nc(CNC(=O)[C@@]2(C)CC[C@@H](C(=O)N(C)C)C2(C)C)cs1. The Kier molecular flexibility index (Phi) is 5.62. The minimum absolute atomic E-state index is 0.0191. The molecule has 1 N–H and O–H groups in total. The maximum absolute atomic E-state index is 13.0. The number of carbonyl (C=O) groups excluding carboxylic acids is 2. The first-order chi connectivity index (χ1) is 11.5. The minimum Gasteiger partial charge on any atom is -0.350 e. The van der Waals surface area contributed by atoms with E-state index < -0.39 is 5.41 Å². The standard InChI is InChI=1S/C19H31N3O2S/c1-12(2)15-21-13(11-25-15)10-20-17(24)19(5)9-8-14(18(19,3)4)16(23)22(6)7/h11-12,14H,8-10H2,1-7H3,(H,20,24)/t14-,19+/m0/s1. The van der Waals surface area contributed by atoms with E-state index in [1.165, 1.54) is 0 Å². The summed E-state index contributed by atoms with van der Waals surface area (Å²) in [5, 5.41) is 6.16. The Morgan fingerprint density at radius 3 is 2.52 bits per heavy atom. The fourth-order valence-corrected chi connectivity index (χ4v) is 4.52. The Labute approximate surface area is 155 Å². The van der Waals surface area contributed by atoms with Crippen LogP contribution in [0.5, 0.6) is 0 Å². The molecule has 1 aromatic heterocycles. The number of hydrogen-bond acceptors (Lipinski definition) is 4. The van der Waals surface area contributed by atoms with Gasteiger partial charge in [0.25, 0.3) is 0 Å². The van der Waals surface area contributed by atoms with E-state index in [1.807, 2.05) is 26.2 Å². The Hall–Kier alpha value is -1.43. The molecule has 1 heterocycles. The lowest BCUT2D eigenvalue weighted by atomic mass is 9.65. The van der Waals surface area contributed by atoms with Crippen molar-refractivity contribution < 1.29 is 9.59 Å². The van der Waals surface area contributed by atoms with Crippen LogP contribution in [0, 0.1) is 16.7 Å². The summed E-state index contributed by atoms with van der Waals surface area (Å²) in [4.78, 5) is 31.7. The molecule has 0 radical (unpaired) electrons. The van der Waals surface area contributed by atoms with E-state index in [2.05, 4.69) is 24.1 Å². The van der Waals surface area contributed by atoms with E-state index in [9.17, 15) is 9.59 Å². The van der Waals surface area contributed by atoms with E-state index in [4.69, 9.17) is 0 Å². The molecular weight excluding hydrogens is 334 g/mol. The molecule has 0 unspecified atom stereocenters. The molecule has 2 rings (SSSR count). The molecule has 1 aromatic rings. The lowest BCUT2D eigenvalue weighted by Gasteiger charge is -2.40. The van der Waals surface area contributed by atoms with Gasteiger partial charge in [0, 0.05) is 31.3 Å². The fraction of sp³-hybridized carbons (Fsp3) is 0.737. The van der Waals surface area contributed by atoms with Crippen molar-refractivity contribution in [1.82, 2.24) is 15.2 Å². The van der Waals surface area contributed by atoms with Gasteiger partial charge in [0.1, 0.15) is 0 Å². The van der Waals surface area contributed by atoms with Crippen LogP contribution < -0.4 is 5.32 Å². The summed E-state index contributed by atoms with van der Waals surface area (Å²) in [5.41, 5.74) is -0.0357. The Balaban J connectivity index is 2.08. The zero-order chi connectivity index (χ0) is 19.0. The van der Waals surface area contributed by atoms with E-state index >= 15 is 0 Å². The number of amides is 2. The summed E-state index contributed by atoms with van der Waals surface area (Å²) in [6.07, 6.45) is 1.48. The zero-order valence-corrected chi connectivity index (χ0v) is 17.3. The molecule has 2 amide bonds. The second kappa shape index (κ2) is 7.06. The van der Waals surface area contributed by atoms with Crippen LogP contribution in [0.2, 0.25) is 0 Å². The third-order valence-electron chi connectivity index (χ3n) is 5.96. The van der Waals surface area contributed by atoms with Crippen LogP contribution in [-0.2, 0) is 16.1 Å². The van der Waals surface area contributed by atoms with Crippen molar-refractivity contribution in [3.8, 4) is 0 Å². The van der Waals surface area contributed by atoms with Gasteiger partial charge in [-0.1, -0.05) is 34.6 Å². The van der Waals surface area contributed by atoms with Gasteiger partial charge in [0.05, 0.1) is 22.7 Å². The molecule has 1 aliphatic rings. The van der Waals surface area contributed by atoms with Gasteiger partial charge in [0.15, 0.2) is 0 Å². The number of thiazole rings is 1. The summed E-state index contributed by atoms with van der Waals surface area (Å²) in [5.74, 6) is 0.414. The van der Waals surface area contributed by atoms with Crippen LogP contribution in [0.3, 0.4) is 0 Å². The van der Waals surface area contributed by atoms with Gasteiger partial charge < -0.3 is 10.2 Å². The first kappa shape index (κ1) is 19.9. The van der Waals surface area contributed by atoms with Crippen molar-refractivity contribution in [2.24, 2.45) is 16.7 Å². The molecule has 140 valence electrons. The lowest BCUT2D eigenvalue weighted by Crippen LogP contribution is -2.49. The van der Waals surface area contributed by atoms with Crippen molar-refractivity contribution in [3.63, 3.8) is 0 Å². The summed E-state index contributed by atoms with van der Waals surface area (Å²) in [6.45, 7) is 10.8.